The van der Waals surface area contributed by atoms with E-state index < -0.39 is 6.09 Å². The van der Waals surface area contributed by atoms with Crippen molar-refractivity contribution < 1.29 is 9.90 Å². The lowest BCUT2D eigenvalue weighted by Gasteiger charge is -2.13. The van der Waals surface area contributed by atoms with Gasteiger partial charge >= 0.3 is 11.8 Å². The van der Waals surface area contributed by atoms with E-state index >= 15 is 0 Å². The van der Waals surface area contributed by atoms with Crippen LogP contribution in [0.15, 0.2) is 17.1 Å². The van der Waals surface area contributed by atoms with Crippen LogP contribution in [0.4, 0.5) is 4.79 Å². The van der Waals surface area contributed by atoms with Gasteiger partial charge in [-0.3, -0.25) is 4.57 Å². The van der Waals surface area contributed by atoms with E-state index in [1.54, 1.807) is 10.8 Å². The maximum absolute atomic E-state index is 12.0. The monoisotopic (exact) mass is 262 g/mol. The molecule has 1 aliphatic heterocycles. The molecule has 1 fully saturated rings. The minimum atomic E-state index is -0.945. The Morgan fingerprint density at radius 1 is 1.58 bits per heavy atom. The van der Waals surface area contributed by atoms with Crippen molar-refractivity contribution in [2.45, 2.75) is 19.4 Å². The van der Waals surface area contributed by atoms with Crippen LogP contribution >= 0.6 is 0 Å². The van der Waals surface area contributed by atoms with E-state index in [1.165, 1.54) is 4.90 Å². The highest BCUT2D eigenvalue weighted by molar-refractivity contribution is 5.71. The summed E-state index contributed by atoms with van der Waals surface area (Å²) in [6.45, 7) is 2.69. The maximum atomic E-state index is 12.0. The lowest BCUT2D eigenvalue weighted by molar-refractivity contribution is 0.154. The van der Waals surface area contributed by atoms with Crippen LogP contribution in [0.25, 0.3) is 11.2 Å². The molecule has 1 aliphatic rings. The first kappa shape index (κ1) is 11.8. The minimum Gasteiger partial charge on any atom is -0.465 e. The fourth-order valence-corrected chi connectivity index (χ4v) is 2.58. The Labute approximate surface area is 108 Å². The second kappa shape index (κ2) is 4.11. The molecule has 2 aromatic heterocycles. The van der Waals surface area contributed by atoms with E-state index in [2.05, 4.69) is 9.97 Å². The molecule has 7 nitrogen and oxygen atoms in total. The van der Waals surface area contributed by atoms with Crippen LogP contribution in [-0.4, -0.2) is 43.7 Å². The van der Waals surface area contributed by atoms with Gasteiger partial charge in [0.05, 0.1) is 11.6 Å². The number of aryl methyl sites for hydroxylation is 1. The molecule has 19 heavy (non-hydrogen) atoms. The Morgan fingerprint density at radius 3 is 3.05 bits per heavy atom. The number of fused-ring (bicyclic) bond motifs is 1. The molecule has 0 aliphatic carbocycles. The molecule has 0 aromatic carbocycles. The van der Waals surface area contributed by atoms with Gasteiger partial charge in [0.1, 0.15) is 0 Å². The van der Waals surface area contributed by atoms with Crippen LogP contribution < -0.4 is 5.69 Å². The largest absolute Gasteiger partial charge is 0.465 e. The molecular weight excluding hydrogens is 248 g/mol. The molecular formula is C12H14N4O3. The number of hydrogen-bond donors (Lipinski definition) is 2. The van der Waals surface area contributed by atoms with Gasteiger partial charge in [0.25, 0.3) is 0 Å². The Bertz CT molecular complexity index is 703. The number of amides is 1. The molecule has 0 spiro atoms. The Balaban J connectivity index is 2.04. The van der Waals surface area contributed by atoms with E-state index in [4.69, 9.17) is 5.11 Å². The van der Waals surface area contributed by atoms with Crippen LogP contribution in [0, 0.1) is 6.92 Å². The molecule has 0 radical (unpaired) electrons. The number of rotatable bonds is 1. The summed E-state index contributed by atoms with van der Waals surface area (Å²) >= 11 is 0. The molecule has 0 unspecified atom stereocenters. The minimum absolute atomic E-state index is 0.146. The zero-order valence-corrected chi connectivity index (χ0v) is 10.5. The second-order valence-corrected chi connectivity index (χ2v) is 4.86. The zero-order chi connectivity index (χ0) is 13.6. The number of likely N-dealkylation sites (tertiary alicyclic amines) is 1. The van der Waals surface area contributed by atoms with E-state index in [0.29, 0.717) is 30.7 Å². The van der Waals surface area contributed by atoms with Gasteiger partial charge in [-0.05, 0) is 25.0 Å². The van der Waals surface area contributed by atoms with Crippen molar-refractivity contribution in [3.05, 3.63) is 28.3 Å². The van der Waals surface area contributed by atoms with Gasteiger partial charge in [0, 0.05) is 19.3 Å². The number of carboxylic acid groups (broad SMARTS) is 1. The summed E-state index contributed by atoms with van der Waals surface area (Å²) < 4.78 is 1.57. The lowest BCUT2D eigenvalue weighted by atomic mass is 10.2. The molecule has 1 saturated heterocycles. The van der Waals surface area contributed by atoms with Crippen LogP contribution in [0.3, 0.4) is 0 Å². The van der Waals surface area contributed by atoms with Gasteiger partial charge < -0.3 is 15.0 Å². The summed E-state index contributed by atoms with van der Waals surface area (Å²) in [5.74, 6) is 0. The van der Waals surface area contributed by atoms with Crippen molar-refractivity contribution in [2.24, 2.45) is 0 Å². The number of imidazole rings is 1. The summed E-state index contributed by atoms with van der Waals surface area (Å²) in [6, 6.07) is 1.72. The number of nitrogens with one attached hydrogen (secondary N) is 1. The molecule has 1 amide bonds. The quantitative estimate of drug-likeness (QED) is 0.800. The molecule has 7 heteroatoms. The van der Waals surface area contributed by atoms with Crippen LogP contribution in [-0.2, 0) is 0 Å². The molecule has 3 rings (SSSR count). The first-order chi connectivity index (χ1) is 9.06. The number of H-pyrrole nitrogens is 1. The number of pyridine rings is 1. The molecule has 3 heterocycles. The van der Waals surface area contributed by atoms with Gasteiger partial charge in [-0.25, -0.2) is 14.6 Å². The molecule has 1 atom stereocenters. The highest BCUT2D eigenvalue weighted by Crippen LogP contribution is 2.23. The van der Waals surface area contributed by atoms with Gasteiger partial charge in [-0.15, -0.1) is 0 Å². The molecule has 2 N–H and O–H groups in total. The van der Waals surface area contributed by atoms with Crippen molar-refractivity contribution in [2.75, 3.05) is 13.1 Å². The van der Waals surface area contributed by atoms with Crippen molar-refractivity contribution in [1.29, 1.82) is 0 Å². The number of hydrogen-bond acceptors (Lipinski definition) is 3. The molecule has 0 saturated carbocycles. The van der Waals surface area contributed by atoms with Crippen LogP contribution in [0.2, 0.25) is 0 Å². The summed E-state index contributed by atoms with van der Waals surface area (Å²) in [7, 11) is 0. The number of nitrogens with zero attached hydrogens (tertiary/aromatic N) is 3. The predicted octanol–water partition coefficient (Wildman–Crippen LogP) is 0.958. The zero-order valence-electron chi connectivity index (χ0n) is 10.5. The highest BCUT2D eigenvalue weighted by Gasteiger charge is 2.29. The lowest BCUT2D eigenvalue weighted by Crippen LogP contribution is -2.29. The fraction of sp³-hybridized carbons (Fsp3) is 0.417. The van der Waals surface area contributed by atoms with Crippen molar-refractivity contribution in [3.8, 4) is 0 Å². The average Bonchev–Trinajstić information content (AvgIpc) is 2.91. The van der Waals surface area contributed by atoms with Gasteiger partial charge in [-0.1, -0.05) is 0 Å². The number of carbonyl (C=O) groups is 1. The van der Waals surface area contributed by atoms with Gasteiger partial charge in [-0.2, -0.15) is 0 Å². The Morgan fingerprint density at radius 2 is 2.37 bits per heavy atom. The van der Waals surface area contributed by atoms with Crippen molar-refractivity contribution >= 4 is 17.3 Å². The summed E-state index contributed by atoms with van der Waals surface area (Å²) in [6.07, 6.45) is 1.39. The Kier molecular flexibility index (Phi) is 2.55. The normalized spacial score (nSPS) is 19.2. The highest BCUT2D eigenvalue weighted by atomic mass is 16.4. The third-order valence-electron chi connectivity index (χ3n) is 3.49. The molecule has 0 bridgehead atoms. The number of aromatic amines is 1. The van der Waals surface area contributed by atoms with E-state index in [1.807, 2.05) is 13.0 Å². The van der Waals surface area contributed by atoms with Crippen molar-refractivity contribution in [1.82, 2.24) is 19.4 Å². The second-order valence-electron chi connectivity index (χ2n) is 4.86. The van der Waals surface area contributed by atoms with E-state index in [0.717, 1.165) is 5.56 Å². The van der Waals surface area contributed by atoms with Crippen molar-refractivity contribution in [3.63, 3.8) is 0 Å². The maximum Gasteiger partial charge on any atom is 0.407 e. The standard InChI is InChI=1S/C12H14N4O3/c1-7-4-9-10(13-5-7)16(11(17)14-9)8-2-3-15(6-8)12(18)19/h4-5,8H,2-3,6H2,1H3,(H,14,17)(H,18,19)/t8-/m0/s1. The predicted molar refractivity (Wildman–Crippen MR) is 68.3 cm³/mol. The van der Waals surface area contributed by atoms with E-state index in [-0.39, 0.29) is 11.7 Å². The Hall–Kier alpha value is -2.31. The molecule has 100 valence electrons. The topological polar surface area (TPSA) is 91.2 Å². The number of aromatic nitrogens is 3. The third kappa shape index (κ3) is 1.87. The summed E-state index contributed by atoms with van der Waals surface area (Å²) in [5.41, 5.74) is 2.02. The van der Waals surface area contributed by atoms with Gasteiger partial charge in [0.15, 0.2) is 5.65 Å². The van der Waals surface area contributed by atoms with Gasteiger partial charge in [0.2, 0.25) is 0 Å². The van der Waals surface area contributed by atoms with Crippen LogP contribution in [0.1, 0.15) is 18.0 Å². The summed E-state index contributed by atoms with van der Waals surface area (Å²) in [4.78, 5) is 31.3. The average molecular weight is 262 g/mol. The first-order valence-corrected chi connectivity index (χ1v) is 6.11. The first-order valence-electron chi connectivity index (χ1n) is 6.11. The SMILES string of the molecule is Cc1cnc2c(c1)[nH]c(=O)n2[C@H]1CCN(C(=O)O)C1. The fourth-order valence-electron chi connectivity index (χ4n) is 2.58. The van der Waals surface area contributed by atoms with E-state index in [9.17, 15) is 9.59 Å². The van der Waals surface area contributed by atoms with Crippen LogP contribution in [0.5, 0.6) is 0 Å². The third-order valence-corrected chi connectivity index (χ3v) is 3.49. The smallest absolute Gasteiger partial charge is 0.407 e. The summed E-state index contributed by atoms with van der Waals surface area (Å²) in [5, 5.41) is 8.96. The molecule has 2 aromatic rings.